The lowest BCUT2D eigenvalue weighted by atomic mass is 10.1. The zero-order valence-electron chi connectivity index (χ0n) is 19.5. The Labute approximate surface area is 197 Å². The van der Waals surface area contributed by atoms with Crippen LogP contribution in [0, 0.1) is 6.92 Å². The Morgan fingerprint density at radius 1 is 1.03 bits per heavy atom. The van der Waals surface area contributed by atoms with Crippen molar-refractivity contribution < 1.29 is 9.13 Å². The average Bonchev–Trinajstić information content (AvgIpc) is 3.49. The van der Waals surface area contributed by atoms with Crippen LogP contribution in [0.2, 0.25) is 0 Å². The van der Waals surface area contributed by atoms with Gasteiger partial charge in [0, 0.05) is 45.0 Å². The zero-order chi connectivity index (χ0) is 23.2. The summed E-state index contributed by atoms with van der Waals surface area (Å²) in [6.45, 7) is 4.50. The van der Waals surface area contributed by atoms with Crippen molar-refractivity contribution >= 4 is 28.3 Å². The Morgan fingerprint density at radius 3 is 2.53 bits per heavy atom. The first-order chi connectivity index (χ1) is 16.6. The van der Waals surface area contributed by atoms with E-state index in [0.29, 0.717) is 25.6 Å². The Bertz CT molecular complexity index is 1350. The highest BCUT2D eigenvalue weighted by atomic mass is 19.1. The molecule has 0 radical (unpaired) electrons. The quantitative estimate of drug-likeness (QED) is 0.458. The minimum Gasteiger partial charge on any atom is -0.381 e. The van der Waals surface area contributed by atoms with Gasteiger partial charge in [-0.15, -0.1) is 0 Å². The van der Waals surface area contributed by atoms with Gasteiger partial charge in [-0.2, -0.15) is 9.61 Å². The van der Waals surface area contributed by atoms with Crippen molar-refractivity contribution in [2.45, 2.75) is 38.4 Å². The lowest BCUT2D eigenvalue weighted by Crippen LogP contribution is -2.38. The van der Waals surface area contributed by atoms with Crippen molar-refractivity contribution in [2.24, 2.45) is 0 Å². The van der Waals surface area contributed by atoms with Crippen LogP contribution in [0.5, 0.6) is 0 Å². The molecule has 2 aliphatic rings. The van der Waals surface area contributed by atoms with Crippen LogP contribution < -0.4 is 9.80 Å². The number of fused-ring (bicyclic) bond motifs is 2. The summed E-state index contributed by atoms with van der Waals surface area (Å²) in [6, 6.07) is 12.2. The molecule has 0 amide bonds. The van der Waals surface area contributed by atoms with Gasteiger partial charge in [-0.3, -0.25) is 0 Å². The molecule has 34 heavy (non-hydrogen) atoms. The maximum Gasteiger partial charge on any atom is 0.160 e. The van der Waals surface area contributed by atoms with E-state index in [1.165, 1.54) is 0 Å². The highest BCUT2D eigenvalue weighted by Crippen LogP contribution is 2.31. The van der Waals surface area contributed by atoms with Gasteiger partial charge in [0.2, 0.25) is 0 Å². The van der Waals surface area contributed by atoms with Gasteiger partial charge in [-0.25, -0.2) is 19.3 Å². The number of hydrogen-bond donors (Lipinski definition) is 0. The van der Waals surface area contributed by atoms with Crippen molar-refractivity contribution in [1.29, 1.82) is 0 Å². The van der Waals surface area contributed by atoms with E-state index in [9.17, 15) is 4.39 Å². The molecule has 8 nitrogen and oxygen atoms in total. The van der Waals surface area contributed by atoms with E-state index in [2.05, 4.69) is 11.9 Å². The van der Waals surface area contributed by atoms with Crippen LogP contribution in [-0.4, -0.2) is 70.1 Å². The molecule has 3 aromatic heterocycles. The number of nitrogens with zero attached hydrogens (tertiary/aromatic N) is 7. The maximum atomic E-state index is 14.0. The average molecular weight is 462 g/mol. The molecule has 1 aromatic carbocycles. The minimum absolute atomic E-state index is 0.342. The van der Waals surface area contributed by atoms with E-state index < -0.39 is 6.17 Å². The molecule has 0 aliphatic carbocycles. The first kappa shape index (κ1) is 21.2. The van der Waals surface area contributed by atoms with Crippen molar-refractivity contribution in [2.75, 3.05) is 43.2 Å². The molecule has 4 aromatic rings. The van der Waals surface area contributed by atoms with Crippen LogP contribution in [0.15, 0.2) is 36.4 Å². The Kier molecular flexibility index (Phi) is 5.28. The largest absolute Gasteiger partial charge is 0.381 e. The van der Waals surface area contributed by atoms with E-state index >= 15 is 0 Å². The minimum atomic E-state index is -0.814. The summed E-state index contributed by atoms with van der Waals surface area (Å²) < 4.78 is 21.5. The third kappa shape index (κ3) is 3.73. The molecule has 9 heteroatoms. The number of aromatic nitrogens is 5. The van der Waals surface area contributed by atoms with Crippen LogP contribution in [0.3, 0.4) is 0 Å². The van der Waals surface area contributed by atoms with Gasteiger partial charge < -0.3 is 14.5 Å². The number of para-hydroxylation sites is 2. The number of halogens is 1. The number of aryl methyl sites for hydroxylation is 1. The Morgan fingerprint density at radius 2 is 1.79 bits per heavy atom. The normalized spacial score (nSPS) is 19.4. The smallest absolute Gasteiger partial charge is 0.160 e. The molecule has 6 rings (SSSR count). The second-order valence-electron chi connectivity index (χ2n) is 9.20. The van der Waals surface area contributed by atoms with E-state index in [1.54, 1.807) is 0 Å². The number of ether oxygens (including phenoxy) is 1. The second-order valence-corrected chi connectivity index (χ2v) is 9.20. The van der Waals surface area contributed by atoms with Gasteiger partial charge in [0.15, 0.2) is 5.65 Å². The molecule has 1 unspecified atom stereocenters. The fourth-order valence-corrected chi connectivity index (χ4v) is 4.99. The molecule has 176 valence electrons. The first-order valence-corrected chi connectivity index (χ1v) is 11.9. The SMILES string of the molecule is Cc1nc2ccccc2nc1-c1cc2nc(N3CCC(F)C3)cc(N(C)C3CCOCC3)n2n1. The summed E-state index contributed by atoms with van der Waals surface area (Å²) in [5.74, 6) is 1.72. The zero-order valence-corrected chi connectivity index (χ0v) is 19.5. The fraction of sp³-hybridized carbons (Fsp3) is 0.440. The molecule has 2 aliphatic heterocycles. The molecular weight excluding hydrogens is 433 g/mol. The van der Waals surface area contributed by atoms with Gasteiger partial charge in [0.25, 0.3) is 0 Å². The summed E-state index contributed by atoms with van der Waals surface area (Å²) in [5.41, 5.74) is 4.71. The van der Waals surface area contributed by atoms with Crippen molar-refractivity contribution in [3.63, 3.8) is 0 Å². The molecular formula is C25H28FN7O. The van der Waals surface area contributed by atoms with E-state index in [0.717, 1.165) is 71.5 Å². The van der Waals surface area contributed by atoms with Gasteiger partial charge in [-0.1, -0.05) is 12.1 Å². The molecule has 0 saturated carbocycles. The summed E-state index contributed by atoms with van der Waals surface area (Å²) in [4.78, 5) is 18.8. The third-order valence-corrected chi connectivity index (χ3v) is 6.94. The maximum absolute atomic E-state index is 14.0. The van der Waals surface area contributed by atoms with Gasteiger partial charge in [-0.05, 0) is 38.3 Å². The van der Waals surface area contributed by atoms with Gasteiger partial charge in [0.05, 0.1) is 23.3 Å². The standard InChI is InChI=1S/C25H28FN7O/c1-16-25(28-20-6-4-3-5-19(20)27-16)21-13-23-29-22(32-10-7-17(26)15-32)14-24(33(23)30-21)31(2)18-8-11-34-12-9-18/h3-6,13-14,17-18H,7-12,15H2,1-2H3. The highest BCUT2D eigenvalue weighted by molar-refractivity contribution is 5.78. The van der Waals surface area contributed by atoms with E-state index in [-0.39, 0.29) is 0 Å². The van der Waals surface area contributed by atoms with Crippen molar-refractivity contribution in [1.82, 2.24) is 24.6 Å². The van der Waals surface area contributed by atoms with Crippen molar-refractivity contribution in [3.8, 4) is 11.4 Å². The fourth-order valence-electron chi connectivity index (χ4n) is 4.99. The molecule has 2 saturated heterocycles. The summed E-state index contributed by atoms with van der Waals surface area (Å²) in [5, 5.41) is 4.94. The number of rotatable bonds is 4. The molecule has 2 fully saturated rings. The molecule has 0 spiro atoms. The number of alkyl halides is 1. The predicted octanol–water partition coefficient (Wildman–Crippen LogP) is 3.81. The molecule has 0 N–H and O–H groups in total. The lowest BCUT2D eigenvalue weighted by Gasteiger charge is -2.33. The topological polar surface area (TPSA) is 71.7 Å². The lowest BCUT2D eigenvalue weighted by molar-refractivity contribution is 0.0853. The van der Waals surface area contributed by atoms with E-state index in [1.807, 2.05) is 52.7 Å². The summed E-state index contributed by atoms with van der Waals surface area (Å²) in [6.07, 6.45) is 1.63. The first-order valence-electron chi connectivity index (χ1n) is 11.9. The number of hydrogen-bond acceptors (Lipinski definition) is 7. The Balaban J connectivity index is 1.48. The second kappa shape index (κ2) is 8.47. The van der Waals surface area contributed by atoms with Crippen LogP contribution in [-0.2, 0) is 4.74 Å². The van der Waals surface area contributed by atoms with Gasteiger partial charge >= 0.3 is 0 Å². The summed E-state index contributed by atoms with van der Waals surface area (Å²) in [7, 11) is 2.10. The number of anilines is 2. The highest BCUT2D eigenvalue weighted by Gasteiger charge is 2.27. The Hall–Kier alpha value is -3.33. The molecule has 5 heterocycles. The van der Waals surface area contributed by atoms with E-state index in [4.69, 9.17) is 24.8 Å². The third-order valence-electron chi connectivity index (χ3n) is 6.94. The summed E-state index contributed by atoms with van der Waals surface area (Å²) >= 11 is 0. The predicted molar refractivity (Wildman–Crippen MR) is 130 cm³/mol. The molecule has 0 bridgehead atoms. The van der Waals surface area contributed by atoms with Crippen molar-refractivity contribution in [3.05, 3.63) is 42.1 Å². The van der Waals surface area contributed by atoms with Crippen LogP contribution in [0.1, 0.15) is 25.0 Å². The van der Waals surface area contributed by atoms with Crippen LogP contribution in [0.25, 0.3) is 28.1 Å². The van der Waals surface area contributed by atoms with Crippen LogP contribution >= 0.6 is 0 Å². The number of benzene rings is 1. The van der Waals surface area contributed by atoms with Crippen LogP contribution in [0.4, 0.5) is 16.0 Å². The monoisotopic (exact) mass is 461 g/mol. The molecule has 1 atom stereocenters. The van der Waals surface area contributed by atoms with Gasteiger partial charge in [0.1, 0.15) is 29.2 Å².